The molecule has 1 unspecified atom stereocenters. The van der Waals surface area contributed by atoms with Crippen molar-refractivity contribution in [3.63, 3.8) is 0 Å². The van der Waals surface area contributed by atoms with E-state index in [0.29, 0.717) is 28.3 Å². The highest BCUT2D eigenvalue weighted by Gasteiger charge is 2.26. The van der Waals surface area contributed by atoms with Crippen LogP contribution < -0.4 is 15.8 Å². The lowest BCUT2D eigenvalue weighted by Gasteiger charge is -2.20. The Hall–Kier alpha value is -4.00. The van der Waals surface area contributed by atoms with E-state index >= 15 is 0 Å². The van der Waals surface area contributed by atoms with Gasteiger partial charge in [-0.2, -0.15) is 0 Å². The van der Waals surface area contributed by atoms with Gasteiger partial charge in [0, 0.05) is 43.0 Å². The van der Waals surface area contributed by atoms with Gasteiger partial charge in [0.15, 0.2) is 0 Å². The second-order valence-electron chi connectivity index (χ2n) is 6.08. The molecule has 0 bridgehead atoms. The number of nitrogens with zero attached hydrogens (tertiary/aromatic N) is 3. The van der Waals surface area contributed by atoms with Gasteiger partial charge in [0.25, 0.3) is 0 Å². The third-order valence-electron chi connectivity index (χ3n) is 4.16. The maximum absolute atomic E-state index is 13.4. The smallest absolute Gasteiger partial charge is 0.207 e. The number of nitrogens with two attached hydrogens (primary N) is 1. The molecule has 1 aromatic carbocycles. The van der Waals surface area contributed by atoms with Crippen molar-refractivity contribution >= 4 is 17.7 Å². The zero-order valence-electron chi connectivity index (χ0n) is 17.1. The van der Waals surface area contributed by atoms with Crippen LogP contribution in [0.5, 0.6) is 5.75 Å². The first kappa shape index (κ1) is 22.3. The summed E-state index contributed by atoms with van der Waals surface area (Å²) in [6.45, 7) is 7.47. The average molecular weight is 403 g/mol. The molecule has 0 fully saturated rings. The van der Waals surface area contributed by atoms with Gasteiger partial charge in [0.1, 0.15) is 11.8 Å². The van der Waals surface area contributed by atoms with Crippen LogP contribution in [0.2, 0.25) is 0 Å². The summed E-state index contributed by atoms with van der Waals surface area (Å²) in [6, 6.07) is 6.35. The van der Waals surface area contributed by atoms with E-state index in [2.05, 4.69) is 33.4 Å². The SMILES string of the molecule is C=C/C=C(\C=C)C(C=NC)=C(N)C(=O)C(Nc1cccc(OC)c1)c1cnccn1. The summed E-state index contributed by atoms with van der Waals surface area (Å²) < 4.78 is 5.26. The molecule has 1 atom stereocenters. The quantitative estimate of drug-likeness (QED) is 0.358. The van der Waals surface area contributed by atoms with Crippen molar-refractivity contribution < 1.29 is 9.53 Å². The molecule has 0 aliphatic heterocycles. The van der Waals surface area contributed by atoms with Crippen molar-refractivity contribution in [3.8, 4) is 5.75 Å². The van der Waals surface area contributed by atoms with Crippen LogP contribution in [-0.4, -0.2) is 36.1 Å². The van der Waals surface area contributed by atoms with Gasteiger partial charge < -0.3 is 15.8 Å². The number of allylic oxidation sites excluding steroid dienone is 5. The van der Waals surface area contributed by atoms with Gasteiger partial charge in [-0.1, -0.05) is 37.5 Å². The van der Waals surface area contributed by atoms with Crippen LogP contribution in [0.15, 0.2) is 96.1 Å². The second-order valence-corrected chi connectivity index (χ2v) is 6.08. The number of benzene rings is 1. The average Bonchev–Trinajstić information content (AvgIpc) is 2.79. The number of Topliss-reactive ketones (excluding diaryl/α,β-unsaturated/α-hetero) is 1. The van der Waals surface area contributed by atoms with Crippen LogP contribution in [0.4, 0.5) is 5.69 Å². The summed E-state index contributed by atoms with van der Waals surface area (Å²) in [4.78, 5) is 25.8. The van der Waals surface area contributed by atoms with Gasteiger partial charge in [-0.25, -0.2) is 0 Å². The number of carbonyl (C=O) groups excluding carboxylic acids is 1. The Morgan fingerprint density at radius 2 is 2.13 bits per heavy atom. The number of hydrogen-bond acceptors (Lipinski definition) is 7. The van der Waals surface area contributed by atoms with Crippen molar-refractivity contribution in [1.29, 1.82) is 0 Å². The summed E-state index contributed by atoms with van der Waals surface area (Å²) in [5.41, 5.74) is 8.48. The van der Waals surface area contributed by atoms with Gasteiger partial charge in [0.05, 0.1) is 24.7 Å². The summed E-state index contributed by atoms with van der Waals surface area (Å²) in [7, 11) is 3.17. The molecule has 1 aromatic heterocycles. The molecular weight excluding hydrogens is 378 g/mol. The molecule has 2 rings (SSSR count). The summed E-state index contributed by atoms with van der Waals surface area (Å²) in [5.74, 6) is 0.264. The fourth-order valence-electron chi connectivity index (χ4n) is 2.72. The number of ether oxygens (including phenoxy) is 1. The van der Waals surface area contributed by atoms with Crippen LogP contribution in [0.3, 0.4) is 0 Å². The van der Waals surface area contributed by atoms with Crippen molar-refractivity contribution in [3.05, 3.63) is 96.8 Å². The minimum atomic E-state index is -0.874. The van der Waals surface area contributed by atoms with Crippen LogP contribution in [0.1, 0.15) is 11.7 Å². The van der Waals surface area contributed by atoms with Gasteiger partial charge in [-0.05, 0) is 17.7 Å². The van der Waals surface area contributed by atoms with Crippen molar-refractivity contribution in [2.75, 3.05) is 19.5 Å². The minimum absolute atomic E-state index is 0.0136. The molecule has 0 aliphatic rings. The van der Waals surface area contributed by atoms with Crippen molar-refractivity contribution in [2.45, 2.75) is 6.04 Å². The maximum Gasteiger partial charge on any atom is 0.207 e. The predicted molar refractivity (Wildman–Crippen MR) is 121 cm³/mol. The molecule has 0 amide bonds. The molecule has 3 N–H and O–H groups in total. The molecule has 0 radical (unpaired) electrons. The molecular formula is C23H25N5O2. The Morgan fingerprint density at radius 3 is 2.73 bits per heavy atom. The maximum atomic E-state index is 13.4. The largest absolute Gasteiger partial charge is 0.497 e. The van der Waals surface area contributed by atoms with Crippen molar-refractivity contribution in [2.24, 2.45) is 10.7 Å². The van der Waals surface area contributed by atoms with E-state index < -0.39 is 6.04 Å². The number of carbonyl (C=O) groups is 1. The monoisotopic (exact) mass is 403 g/mol. The van der Waals surface area contributed by atoms with Gasteiger partial charge in [-0.15, -0.1) is 0 Å². The standard InChI is InChI=1S/C23H25N5O2/c1-5-8-16(6-2)19(14-25-3)21(24)23(29)22(20-15-26-11-12-27-20)28-17-9-7-10-18(13-17)30-4/h5-15,22,28H,1-2,24H2,3-4H3/b16-8+,21-19?,25-14?. The number of aromatic nitrogens is 2. The van der Waals surface area contributed by atoms with E-state index in [9.17, 15) is 4.79 Å². The summed E-state index contributed by atoms with van der Waals surface area (Å²) in [6.07, 6.45) is 11.0. The lowest BCUT2D eigenvalue weighted by molar-refractivity contribution is -0.116. The van der Waals surface area contributed by atoms with Crippen molar-refractivity contribution in [1.82, 2.24) is 9.97 Å². The fourth-order valence-corrected chi connectivity index (χ4v) is 2.72. The van der Waals surface area contributed by atoms with E-state index in [-0.39, 0.29) is 11.5 Å². The topological polar surface area (TPSA) is 102 Å². The first-order chi connectivity index (χ1) is 14.5. The fraction of sp³-hybridized carbons (Fsp3) is 0.130. The highest BCUT2D eigenvalue weighted by molar-refractivity contribution is 6.06. The first-order valence-corrected chi connectivity index (χ1v) is 9.13. The third-order valence-corrected chi connectivity index (χ3v) is 4.16. The number of nitrogens with one attached hydrogen (secondary N) is 1. The van der Waals surface area contributed by atoms with E-state index in [1.54, 1.807) is 38.5 Å². The summed E-state index contributed by atoms with van der Waals surface area (Å²) in [5, 5.41) is 3.18. The molecule has 0 saturated carbocycles. The number of aliphatic imine (C=N–C) groups is 1. The van der Waals surface area contributed by atoms with E-state index in [4.69, 9.17) is 10.5 Å². The van der Waals surface area contributed by atoms with E-state index in [0.717, 1.165) is 0 Å². The highest BCUT2D eigenvalue weighted by atomic mass is 16.5. The molecule has 1 heterocycles. The first-order valence-electron chi connectivity index (χ1n) is 9.13. The molecule has 0 spiro atoms. The van der Waals surface area contributed by atoms with Crippen LogP contribution >= 0.6 is 0 Å². The Kier molecular flexibility index (Phi) is 8.26. The number of hydrogen-bond donors (Lipinski definition) is 2. The molecule has 154 valence electrons. The minimum Gasteiger partial charge on any atom is -0.497 e. The number of ketones is 1. The Balaban J connectivity index is 2.56. The molecule has 2 aromatic rings. The second kappa shape index (κ2) is 11.1. The van der Waals surface area contributed by atoms with Crippen LogP contribution in [0, 0.1) is 0 Å². The number of anilines is 1. The number of methoxy groups -OCH3 is 1. The van der Waals surface area contributed by atoms with Gasteiger partial charge in [0.2, 0.25) is 5.78 Å². The Labute approximate surface area is 176 Å². The Bertz CT molecular complexity index is 994. The van der Waals surface area contributed by atoms with Crippen LogP contribution in [-0.2, 0) is 4.79 Å². The molecule has 30 heavy (non-hydrogen) atoms. The summed E-state index contributed by atoms with van der Waals surface area (Å²) >= 11 is 0. The van der Waals surface area contributed by atoms with E-state index in [1.807, 2.05) is 18.2 Å². The zero-order chi connectivity index (χ0) is 21.9. The lowest BCUT2D eigenvalue weighted by atomic mass is 9.98. The zero-order valence-corrected chi connectivity index (χ0v) is 17.1. The molecule has 7 nitrogen and oxygen atoms in total. The van der Waals surface area contributed by atoms with Gasteiger partial charge >= 0.3 is 0 Å². The van der Waals surface area contributed by atoms with E-state index in [1.165, 1.54) is 24.8 Å². The normalized spacial score (nSPS) is 13.3. The van der Waals surface area contributed by atoms with Crippen LogP contribution in [0.25, 0.3) is 0 Å². The van der Waals surface area contributed by atoms with Gasteiger partial charge in [-0.3, -0.25) is 19.8 Å². The Morgan fingerprint density at radius 1 is 1.33 bits per heavy atom. The molecule has 0 saturated heterocycles. The lowest BCUT2D eigenvalue weighted by Crippen LogP contribution is -2.28. The predicted octanol–water partition coefficient (Wildman–Crippen LogP) is 3.42. The molecule has 0 aliphatic carbocycles. The third kappa shape index (κ3) is 5.51. The highest BCUT2D eigenvalue weighted by Crippen LogP contribution is 2.25. The molecule has 7 heteroatoms. The number of rotatable bonds is 10.